The van der Waals surface area contributed by atoms with E-state index in [1.807, 2.05) is 0 Å². The van der Waals surface area contributed by atoms with Gasteiger partial charge in [-0.25, -0.2) is 0 Å². The molecule has 1 aromatic heterocycles. The predicted octanol–water partition coefficient (Wildman–Crippen LogP) is 1.32. The molecule has 1 aliphatic rings. The lowest BCUT2D eigenvalue weighted by Crippen LogP contribution is -2.44. The van der Waals surface area contributed by atoms with Gasteiger partial charge >= 0.3 is 5.88 Å². The van der Waals surface area contributed by atoms with Crippen LogP contribution in [0.25, 0.3) is 0 Å². The second-order valence-corrected chi connectivity index (χ2v) is 3.90. The molecule has 0 aliphatic carbocycles. The van der Waals surface area contributed by atoms with E-state index in [0.29, 0.717) is 5.76 Å². The average molecular weight is 237 g/mol. The summed E-state index contributed by atoms with van der Waals surface area (Å²) in [5.41, 5.74) is 0. The third-order valence-corrected chi connectivity index (χ3v) is 2.85. The van der Waals surface area contributed by atoms with E-state index >= 15 is 0 Å². The number of nitrogens with zero attached hydrogens (tertiary/aromatic N) is 2. The van der Waals surface area contributed by atoms with Gasteiger partial charge in [-0.05, 0) is 6.07 Å². The van der Waals surface area contributed by atoms with Crippen molar-refractivity contribution in [3.8, 4) is 0 Å². The Hall–Kier alpha value is -1.66. The summed E-state index contributed by atoms with van der Waals surface area (Å²) in [6, 6.07) is 2.94. The Kier molecular flexibility index (Phi) is 3.55. The van der Waals surface area contributed by atoms with Crippen LogP contribution >= 0.6 is 0 Å². The van der Waals surface area contributed by atoms with Gasteiger partial charge in [0.15, 0.2) is 0 Å². The van der Waals surface area contributed by atoms with Crippen LogP contribution in [0.5, 0.6) is 0 Å². The second kappa shape index (κ2) is 5.11. The zero-order chi connectivity index (χ0) is 12.3. The molecule has 1 aliphatic heterocycles. The topological polar surface area (TPSA) is 71.5 Å². The summed E-state index contributed by atoms with van der Waals surface area (Å²) in [5, 5.41) is 13.8. The minimum absolute atomic E-state index is 0.0919. The molecule has 1 aromatic rings. The minimum Gasteiger partial charge on any atom is -0.404 e. The van der Waals surface area contributed by atoms with Crippen molar-refractivity contribution in [1.29, 1.82) is 0 Å². The van der Waals surface area contributed by atoms with Crippen LogP contribution < -0.4 is 5.32 Å². The summed E-state index contributed by atoms with van der Waals surface area (Å²) < 4.78 is 5.22. The number of rotatable bonds is 4. The van der Waals surface area contributed by atoms with Crippen LogP contribution in [0.15, 0.2) is 29.2 Å². The highest BCUT2D eigenvalue weighted by Gasteiger charge is 2.24. The fourth-order valence-electron chi connectivity index (χ4n) is 2.00. The highest BCUT2D eigenvalue weighted by Crippen LogP contribution is 2.27. The van der Waals surface area contributed by atoms with Crippen LogP contribution in [-0.2, 0) is 0 Å². The van der Waals surface area contributed by atoms with Crippen molar-refractivity contribution in [3.63, 3.8) is 0 Å². The molecule has 0 unspecified atom stereocenters. The zero-order valence-electron chi connectivity index (χ0n) is 9.46. The van der Waals surface area contributed by atoms with Gasteiger partial charge in [0.25, 0.3) is 0 Å². The molecule has 0 radical (unpaired) electrons. The fourth-order valence-corrected chi connectivity index (χ4v) is 2.00. The first kappa shape index (κ1) is 11.8. The minimum atomic E-state index is -0.526. The van der Waals surface area contributed by atoms with Gasteiger partial charge in [-0.3, -0.25) is 15.0 Å². The van der Waals surface area contributed by atoms with Crippen molar-refractivity contribution in [1.82, 2.24) is 10.2 Å². The van der Waals surface area contributed by atoms with Crippen molar-refractivity contribution in [3.05, 3.63) is 40.7 Å². The van der Waals surface area contributed by atoms with Crippen molar-refractivity contribution in [2.45, 2.75) is 6.04 Å². The molecule has 6 nitrogen and oxygen atoms in total. The van der Waals surface area contributed by atoms with E-state index in [-0.39, 0.29) is 11.9 Å². The van der Waals surface area contributed by atoms with Crippen LogP contribution in [0.4, 0.5) is 5.88 Å². The number of nitrogens with one attached hydrogen (secondary N) is 1. The third kappa shape index (κ3) is 2.54. The largest absolute Gasteiger partial charge is 0.433 e. The average Bonchev–Trinajstić information content (AvgIpc) is 2.81. The SMILES string of the molecule is C=C[C@@H](c1ccc([N+](=O)[O-])o1)N1CCNCC1. The third-order valence-electron chi connectivity index (χ3n) is 2.85. The summed E-state index contributed by atoms with van der Waals surface area (Å²) in [6.07, 6.45) is 1.76. The molecule has 6 heteroatoms. The summed E-state index contributed by atoms with van der Waals surface area (Å²) in [7, 11) is 0. The lowest BCUT2D eigenvalue weighted by molar-refractivity contribution is -0.402. The summed E-state index contributed by atoms with van der Waals surface area (Å²) >= 11 is 0. The smallest absolute Gasteiger partial charge is 0.404 e. The van der Waals surface area contributed by atoms with Gasteiger partial charge in [0, 0.05) is 26.2 Å². The van der Waals surface area contributed by atoms with Gasteiger partial charge in [-0.1, -0.05) is 6.08 Å². The van der Waals surface area contributed by atoms with Gasteiger partial charge < -0.3 is 9.73 Å². The second-order valence-electron chi connectivity index (χ2n) is 3.90. The summed E-state index contributed by atoms with van der Waals surface area (Å²) in [4.78, 5) is 12.2. The first-order valence-electron chi connectivity index (χ1n) is 5.54. The maximum Gasteiger partial charge on any atom is 0.433 e. The normalized spacial score (nSPS) is 18.8. The molecule has 0 amide bonds. The first-order chi connectivity index (χ1) is 8.22. The molecular formula is C11H15N3O3. The van der Waals surface area contributed by atoms with Gasteiger partial charge in [0.1, 0.15) is 10.7 Å². The van der Waals surface area contributed by atoms with Gasteiger partial charge in [0.05, 0.1) is 12.1 Å². The zero-order valence-corrected chi connectivity index (χ0v) is 9.46. The van der Waals surface area contributed by atoms with Crippen LogP contribution in [-0.4, -0.2) is 36.0 Å². The standard InChI is InChI=1S/C11H15N3O3/c1-2-9(13-7-5-12-6-8-13)10-3-4-11(17-10)14(15)16/h2-4,9,12H,1,5-8H2/t9-/m0/s1. The maximum atomic E-state index is 10.6. The maximum absolute atomic E-state index is 10.6. The Morgan fingerprint density at radius 2 is 2.24 bits per heavy atom. The van der Waals surface area contributed by atoms with E-state index in [1.165, 1.54) is 6.07 Å². The molecule has 2 heterocycles. The molecule has 1 atom stereocenters. The molecule has 0 spiro atoms. The molecule has 0 saturated carbocycles. The van der Waals surface area contributed by atoms with Gasteiger partial charge in [-0.2, -0.15) is 0 Å². The number of hydrogen-bond donors (Lipinski definition) is 1. The Bertz CT molecular complexity index is 410. The molecular weight excluding hydrogens is 222 g/mol. The predicted molar refractivity (Wildman–Crippen MR) is 62.7 cm³/mol. The van der Waals surface area contributed by atoms with Gasteiger partial charge in [-0.15, -0.1) is 6.58 Å². The van der Waals surface area contributed by atoms with E-state index in [0.717, 1.165) is 26.2 Å². The number of piperazine rings is 1. The van der Waals surface area contributed by atoms with Crippen LogP contribution in [0.1, 0.15) is 11.8 Å². The molecule has 0 aromatic carbocycles. The Labute approximate surface area is 99.0 Å². The molecule has 1 fully saturated rings. The Balaban J connectivity index is 2.15. The van der Waals surface area contributed by atoms with E-state index < -0.39 is 4.92 Å². The van der Waals surface area contributed by atoms with E-state index in [9.17, 15) is 10.1 Å². The van der Waals surface area contributed by atoms with Crippen molar-refractivity contribution < 1.29 is 9.34 Å². The van der Waals surface area contributed by atoms with Gasteiger partial charge in [0.2, 0.25) is 0 Å². The highest BCUT2D eigenvalue weighted by atomic mass is 16.6. The Morgan fingerprint density at radius 3 is 2.76 bits per heavy atom. The lowest BCUT2D eigenvalue weighted by Gasteiger charge is -2.31. The first-order valence-corrected chi connectivity index (χ1v) is 5.54. The van der Waals surface area contributed by atoms with Crippen LogP contribution in [0.3, 0.4) is 0 Å². The van der Waals surface area contributed by atoms with E-state index in [4.69, 9.17) is 4.42 Å². The molecule has 1 saturated heterocycles. The van der Waals surface area contributed by atoms with E-state index in [1.54, 1.807) is 12.1 Å². The van der Waals surface area contributed by atoms with E-state index in [2.05, 4.69) is 16.8 Å². The van der Waals surface area contributed by atoms with Crippen LogP contribution in [0, 0.1) is 10.1 Å². The molecule has 1 N–H and O–H groups in total. The number of hydrogen-bond acceptors (Lipinski definition) is 5. The number of nitro groups is 1. The lowest BCUT2D eigenvalue weighted by atomic mass is 10.1. The quantitative estimate of drug-likeness (QED) is 0.486. The highest BCUT2D eigenvalue weighted by molar-refractivity contribution is 5.22. The van der Waals surface area contributed by atoms with Crippen molar-refractivity contribution >= 4 is 5.88 Å². The number of furan rings is 1. The molecule has 2 rings (SSSR count). The fraction of sp³-hybridized carbons (Fsp3) is 0.455. The molecule has 0 bridgehead atoms. The van der Waals surface area contributed by atoms with Crippen molar-refractivity contribution in [2.24, 2.45) is 0 Å². The van der Waals surface area contributed by atoms with Crippen molar-refractivity contribution in [2.75, 3.05) is 26.2 Å². The molecule has 92 valence electrons. The molecule has 17 heavy (non-hydrogen) atoms. The Morgan fingerprint density at radius 1 is 1.53 bits per heavy atom. The van der Waals surface area contributed by atoms with Crippen LogP contribution in [0.2, 0.25) is 0 Å². The monoisotopic (exact) mass is 237 g/mol. The summed E-state index contributed by atoms with van der Waals surface area (Å²) in [6.45, 7) is 7.35. The summed E-state index contributed by atoms with van der Waals surface area (Å²) in [5.74, 6) is 0.357.